The standard InChI is InChI=1S/C42H27N3S/c1-2-11-27(12-3-1)39-41(45-36-17-9-8-16-33(36)35-23-29-14-6-7-15-30(29)24-37(35)45)44-42-40(43-39)34-21-20-32(25-38(34)46-42)31-19-18-26-10-4-5-13-28(26)22-31/h1-25,33,36H. The van der Waals surface area contributed by atoms with Gasteiger partial charge in [0.15, 0.2) is 5.82 Å². The van der Waals surface area contributed by atoms with Crippen molar-refractivity contribution in [3.05, 3.63) is 157 Å². The maximum atomic E-state index is 5.51. The Morgan fingerprint density at radius 1 is 0.565 bits per heavy atom. The van der Waals surface area contributed by atoms with E-state index in [1.54, 1.807) is 11.3 Å². The highest BCUT2D eigenvalue weighted by Crippen LogP contribution is 2.51. The third kappa shape index (κ3) is 3.90. The van der Waals surface area contributed by atoms with Crippen molar-refractivity contribution in [3.8, 4) is 22.4 Å². The summed E-state index contributed by atoms with van der Waals surface area (Å²) < 4.78 is 1.20. The summed E-state index contributed by atoms with van der Waals surface area (Å²) >= 11 is 1.73. The minimum Gasteiger partial charge on any atom is -0.316 e. The maximum absolute atomic E-state index is 5.51. The lowest BCUT2D eigenvalue weighted by atomic mass is 9.90. The lowest BCUT2D eigenvalue weighted by molar-refractivity contribution is 0.739. The summed E-state index contributed by atoms with van der Waals surface area (Å²) in [4.78, 5) is 14.4. The molecule has 0 bridgehead atoms. The number of benzene rings is 6. The first-order chi connectivity index (χ1) is 22.8. The Labute approximate surface area is 270 Å². The van der Waals surface area contributed by atoms with E-state index in [1.807, 2.05) is 0 Å². The van der Waals surface area contributed by atoms with Gasteiger partial charge in [0, 0.05) is 27.3 Å². The summed E-state index contributed by atoms with van der Waals surface area (Å²) in [6, 6.07) is 46.0. The van der Waals surface area contributed by atoms with Crippen LogP contribution < -0.4 is 4.90 Å². The number of aromatic nitrogens is 2. The normalized spacial score (nSPS) is 16.9. The van der Waals surface area contributed by atoms with Crippen LogP contribution in [0.3, 0.4) is 0 Å². The predicted molar refractivity (Wildman–Crippen MR) is 194 cm³/mol. The smallest absolute Gasteiger partial charge is 0.161 e. The van der Waals surface area contributed by atoms with E-state index in [0.29, 0.717) is 0 Å². The second-order valence-corrected chi connectivity index (χ2v) is 13.2. The SMILES string of the molecule is C1=CC2c3cc4ccccc4cc3N(c3nc4sc5cc(-c6ccc7ccccc7c6)ccc5c4nc3-c3ccccc3)C2C=C1. The molecule has 0 radical (unpaired) electrons. The molecule has 0 amide bonds. The molecule has 2 aromatic heterocycles. The zero-order chi connectivity index (χ0) is 30.2. The van der Waals surface area contributed by atoms with E-state index in [-0.39, 0.29) is 12.0 Å². The molecule has 2 aliphatic rings. The number of anilines is 2. The molecule has 10 rings (SSSR count). The largest absolute Gasteiger partial charge is 0.316 e. The van der Waals surface area contributed by atoms with Crippen molar-refractivity contribution in [1.82, 2.24) is 9.97 Å². The van der Waals surface area contributed by atoms with E-state index in [9.17, 15) is 0 Å². The topological polar surface area (TPSA) is 29.0 Å². The molecule has 3 nitrogen and oxygen atoms in total. The minimum atomic E-state index is 0.125. The first kappa shape index (κ1) is 25.7. The lowest BCUT2D eigenvalue weighted by Crippen LogP contribution is -2.29. The average molecular weight is 606 g/mol. The van der Waals surface area contributed by atoms with Crippen molar-refractivity contribution < 1.29 is 0 Å². The van der Waals surface area contributed by atoms with Gasteiger partial charge in [0.25, 0.3) is 0 Å². The van der Waals surface area contributed by atoms with Crippen molar-refractivity contribution in [2.75, 3.05) is 4.90 Å². The van der Waals surface area contributed by atoms with Gasteiger partial charge in [-0.15, -0.1) is 11.3 Å². The second kappa shape index (κ2) is 9.96. The molecule has 0 saturated heterocycles. The van der Waals surface area contributed by atoms with E-state index in [2.05, 4.69) is 157 Å². The maximum Gasteiger partial charge on any atom is 0.161 e. The highest BCUT2D eigenvalue weighted by Gasteiger charge is 2.40. The third-order valence-corrected chi connectivity index (χ3v) is 10.6. The molecule has 1 aliphatic carbocycles. The second-order valence-electron chi connectivity index (χ2n) is 12.2. The van der Waals surface area contributed by atoms with Gasteiger partial charge in [-0.3, -0.25) is 0 Å². The summed E-state index contributed by atoms with van der Waals surface area (Å²) in [6.07, 6.45) is 8.99. The van der Waals surface area contributed by atoms with Crippen LogP contribution in [0.25, 0.3) is 64.4 Å². The molecule has 8 aromatic rings. The molecule has 0 N–H and O–H groups in total. The number of nitrogens with zero attached hydrogens (tertiary/aromatic N) is 3. The Morgan fingerprint density at radius 3 is 2.11 bits per heavy atom. The van der Waals surface area contributed by atoms with Crippen LogP contribution in [0.5, 0.6) is 0 Å². The van der Waals surface area contributed by atoms with Gasteiger partial charge in [-0.05, 0) is 62.5 Å². The third-order valence-electron chi connectivity index (χ3n) is 9.56. The monoisotopic (exact) mass is 605 g/mol. The van der Waals surface area contributed by atoms with Crippen LogP contribution in [0.4, 0.5) is 11.5 Å². The minimum absolute atomic E-state index is 0.125. The van der Waals surface area contributed by atoms with Gasteiger partial charge in [0.1, 0.15) is 16.0 Å². The molecule has 0 fully saturated rings. The number of thiophene rings is 1. The fourth-order valence-corrected chi connectivity index (χ4v) is 8.39. The van der Waals surface area contributed by atoms with Gasteiger partial charge in [-0.2, -0.15) is 0 Å². The molecular weight excluding hydrogens is 579 g/mol. The van der Waals surface area contributed by atoms with E-state index in [1.165, 1.54) is 48.6 Å². The van der Waals surface area contributed by atoms with E-state index >= 15 is 0 Å². The van der Waals surface area contributed by atoms with Crippen LogP contribution >= 0.6 is 11.3 Å². The molecule has 4 heteroatoms. The summed E-state index contributed by atoms with van der Waals surface area (Å²) in [7, 11) is 0. The van der Waals surface area contributed by atoms with Crippen molar-refractivity contribution in [2.24, 2.45) is 0 Å². The zero-order valence-electron chi connectivity index (χ0n) is 24.8. The van der Waals surface area contributed by atoms with Crippen LogP contribution in [0.15, 0.2) is 152 Å². The number of hydrogen-bond donors (Lipinski definition) is 0. The fraction of sp³-hybridized carbons (Fsp3) is 0.0476. The van der Waals surface area contributed by atoms with Gasteiger partial charge < -0.3 is 4.90 Å². The molecular formula is C42H27N3S. The van der Waals surface area contributed by atoms with Crippen molar-refractivity contribution >= 4 is 64.8 Å². The molecule has 0 spiro atoms. The number of hydrogen-bond acceptors (Lipinski definition) is 4. The Morgan fingerprint density at radius 2 is 1.26 bits per heavy atom. The molecule has 6 aromatic carbocycles. The van der Waals surface area contributed by atoms with Gasteiger partial charge in [0.2, 0.25) is 0 Å². The molecule has 0 saturated carbocycles. The first-order valence-corrected chi connectivity index (χ1v) is 16.6. The van der Waals surface area contributed by atoms with Gasteiger partial charge >= 0.3 is 0 Å². The average Bonchev–Trinajstić information content (AvgIpc) is 3.64. The van der Waals surface area contributed by atoms with Crippen LogP contribution in [0, 0.1) is 0 Å². The zero-order valence-corrected chi connectivity index (χ0v) is 25.7. The Bertz CT molecular complexity index is 2560. The van der Waals surface area contributed by atoms with Crippen molar-refractivity contribution in [2.45, 2.75) is 12.0 Å². The number of rotatable bonds is 3. The summed E-state index contributed by atoms with van der Waals surface area (Å²) in [5.41, 5.74) is 7.90. The van der Waals surface area contributed by atoms with E-state index < -0.39 is 0 Å². The highest BCUT2D eigenvalue weighted by atomic mass is 32.1. The highest BCUT2D eigenvalue weighted by molar-refractivity contribution is 7.25. The summed E-state index contributed by atoms with van der Waals surface area (Å²) in [5, 5.41) is 6.15. The summed E-state index contributed by atoms with van der Waals surface area (Å²) in [6.45, 7) is 0. The van der Waals surface area contributed by atoms with E-state index in [0.717, 1.165) is 32.8 Å². The quantitative estimate of drug-likeness (QED) is 0.201. The van der Waals surface area contributed by atoms with Gasteiger partial charge in [0.05, 0.1) is 6.04 Å². The van der Waals surface area contributed by atoms with Crippen LogP contribution in [0.2, 0.25) is 0 Å². The number of allylic oxidation sites excluding steroid dienone is 2. The van der Waals surface area contributed by atoms with Crippen LogP contribution in [0.1, 0.15) is 11.5 Å². The van der Waals surface area contributed by atoms with Crippen molar-refractivity contribution in [1.29, 1.82) is 0 Å². The first-order valence-electron chi connectivity index (χ1n) is 15.7. The van der Waals surface area contributed by atoms with Gasteiger partial charge in [-0.25, -0.2) is 9.97 Å². The Hall–Kier alpha value is -5.58. The van der Waals surface area contributed by atoms with Crippen LogP contribution in [-0.2, 0) is 0 Å². The lowest BCUT2D eigenvalue weighted by Gasteiger charge is -2.29. The van der Waals surface area contributed by atoms with Gasteiger partial charge in [-0.1, -0.05) is 127 Å². The molecule has 3 heterocycles. The molecule has 2 atom stereocenters. The Balaban J connectivity index is 1.19. The molecule has 46 heavy (non-hydrogen) atoms. The summed E-state index contributed by atoms with van der Waals surface area (Å²) in [5.74, 6) is 1.15. The van der Waals surface area contributed by atoms with Crippen molar-refractivity contribution in [3.63, 3.8) is 0 Å². The van der Waals surface area contributed by atoms with E-state index in [4.69, 9.17) is 9.97 Å². The molecule has 2 unspecified atom stereocenters. The fourth-order valence-electron chi connectivity index (χ4n) is 7.34. The molecule has 216 valence electrons. The Kier molecular flexibility index (Phi) is 5.57. The van der Waals surface area contributed by atoms with Crippen LogP contribution in [-0.4, -0.2) is 16.0 Å². The predicted octanol–water partition coefficient (Wildman–Crippen LogP) is 11.2. The number of fused-ring (bicyclic) bond motifs is 8. The molecule has 1 aliphatic heterocycles.